The van der Waals surface area contributed by atoms with Gasteiger partial charge in [-0.25, -0.2) is 9.37 Å². The number of H-pyrrole nitrogens is 1. The van der Waals surface area contributed by atoms with Crippen molar-refractivity contribution in [3.63, 3.8) is 0 Å². The number of nitrogens with two attached hydrogens (primary N) is 1. The van der Waals surface area contributed by atoms with E-state index in [2.05, 4.69) is 9.97 Å². The lowest BCUT2D eigenvalue weighted by Crippen LogP contribution is -2.08. The maximum atomic E-state index is 14.0. The Morgan fingerprint density at radius 1 is 1.19 bits per heavy atom. The van der Waals surface area contributed by atoms with E-state index in [1.54, 1.807) is 19.4 Å². The van der Waals surface area contributed by atoms with Crippen LogP contribution in [-0.2, 0) is 0 Å². The Balaban J connectivity index is 1.59. The van der Waals surface area contributed by atoms with Crippen molar-refractivity contribution in [1.29, 1.82) is 0 Å². The average molecular weight is 456 g/mol. The average Bonchev–Trinajstić information content (AvgIpc) is 3.39. The van der Waals surface area contributed by atoms with Crippen LogP contribution in [-0.4, -0.2) is 9.97 Å². The summed E-state index contributed by atoms with van der Waals surface area (Å²) in [7, 11) is 0. The lowest BCUT2D eigenvalue weighted by molar-refractivity contribution is 0.227. The molecule has 0 aliphatic rings. The van der Waals surface area contributed by atoms with Crippen LogP contribution >= 0.6 is 23.2 Å². The Hall–Kier alpha value is -3.22. The van der Waals surface area contributed by atoms with Crippen LogP contribution < -0.4 is 10.5 Å². The molecule has 0 fully saturated rings. The number of anilines is 1. The molecule has 3 heterocycles. The summed E-state index contributed by atoms with van der Waals surface area (Å²) in [6.45, 7) is 1.70. The highest BCUT2D eigenvalue weighted by Crippen LogP contribution is 2.41. The van der Waals surface area contributed by atoms with Gasteiger partial charge in [-0.15, -0.1) is 0 Å². The minimum atomic E-state index is -0.700. The number of pyridine rings is 1. The van der Waals surface area contributed by atoms with E-state index in [1.165, 1.54) is 12.1 Å². The predicted molar refractivity (Wildman–Crippen MR) is 121 cm³/mol. The SMILES string of the molecule is C[C@@H](Oc1c(N)ncc2c(-c3ccc4cc[nH]c4c3)coc12)c1c(Cl)ccc(F)c1Cl. The molecule has 2 aromatic carbocycles. The molecule has 1 atom stereocenters. The molecule has 3 aromatic heterocycles. The summed E-state index contributed by atoms with van der Waals surface area (Å²) in [6, 6.07) is 10.7. The zero-order valence-corrected chi connectivity index (χ0v) is 17.8. The summed E-state index contributed by atoms with van der Waals surface area (Å²) in [5, 5.41) is 2.04. The molecule has 0 unspecified atom stereocenters. The van der Waals surface area contributed by atoms with E-state index in [-0.39, 0.29) is 21.6 Å². The fourth-order valence-corrected chi connectivity index (χ4v) is 4.36. The third kappa shape index (κ3) is 3.28. The molecule has 5 nitrogen and oxygen atoms in total. The van der Waals surface area contributed by atoms with Crippen molar-refractivity contribution >= 4 is 50.9 Å². The van der Waals surface area contributed by atoms with Crippen LogP contribution in [0, 0.1) is 5.82 Å². The number of aromatic amines is 1. The molecule has 8 heteroatoms. The second-order valence-electron chi connectivity index (χ2n) is 7.16. The summed E-state index contributed by atoms with van der Waals surface area (Å²) in [5.41, 5.74) is 9.65. The van der Waals surface area contributed by atoms with E-state index in [0.717, 1.165) is 27.4 Å². The highest BCUT2D eigenvalue weighted by atomic mass is 35.5. The van der Waals surface area contributed by atoms with Crippen LogP contribution in [0.25, 0.3) is 33.0 Å². The monoisotopic (exact) mass is 455 g/mol. The number of nitrogens with zero attached hydrogens (tertiary/aromatic N) is 1. The van der Waals surface area contributed by atoms with Gasteiger partial charge in [0.05, 0.1) is 16.7 Å². The first-order valence-corrected chi connectivity index (χ1v) is 10.2. The number of hydrogen-bond donors (Lipinski definition) is 2. The van der Waals surface area contributed by atoms with Crippen LogP contribution in [0.15, 0.2) is 59.5 Å². The maximum Gasteiger partial charge on any atom is 0.205 e. The third-order valence-electron chi connectivity index (χ3n) is 5.25. The molecule has 0 aliphatic heterocycles. The molecule has 0 saturated heterocycles. The Kier molecular flexibility index (Phi) is 4.76. The molecule has 31 heavy (non-hydrogen) atoms. The van der Waals surface area contributed by atoms with E-state index >= 15 is 0 Å². The van der Waals surface area contributed by atoms with Crippen molar-refractivity contribution in [2.75, 3.05) is 5.73 Å². The lowest BCUT2D eigenvalue weighted by Gasteiger charge is -2.18. The van der Waals surface area contributed by atoms with E-state index in [9.17, 15) is 4.39 Å². The van der Waals surface area contributed by atoms with Crippen LogP contribution in [0.5, 0.6) is 5.75 Å². The van der Waals surface area contributed by atoms with Gasteiger partial charge in [0.15, 0.2) is 11.4 Å². The Bertz CT molecular complexity index is 1440. The summed E-state index contributed by atoms with van der Waals surface area (Å²) in [5.74, 6) is -0.196. The number of halogens is 3. The molecule has 0 bridgehead atoms. The number of furan rings is 1. The van der Waals surface area contributed by atoms with Crippen molar-refractivity contribution < 1.29 is 13.5 Å². The molecule has 0 spiro atoms. The first-order chi connectivity index (χ1) is 14.9. The summed E-state index contributed by atoms with van der Waals surface area (Å²) >= 11 is 12.4. The zero-order chi connectivity index (χ0) is 21.7. The summed E-state index contributed by atoms with van der Waals surface area (Å²) < 4.78 is 25.8. The van der Waals surface area contributed by atoms with Gasteiger partial charge in [-0.1, -0.05) is 35.3 Å². The standard InChI is InChI=1S/C23H16Cl2FN3O2/c1-11(19-16(24)4-5-17(26)20(19)25)31-22-21-14(9-29-23(22)27)15(10-30-21)13-3-2-12-6-7-28-18(12)8-13/h2-11,28H,1H3,(H2,27,29)/t11-/m1/s1. The maximum absolute atomic E-state index is 14.0. The number of nitrogens with one attached hydrogen (secondary N) is 1. The van der Waals surface area contributed by atoms with Gasteiger partial charge in [0.25, 0.3) is 0 Å². The minimum Gasteiger partial charge on any atom is -0.478 e. The fraction of sp³-hybridized carbons (Fsp3) is 0.0870. The van der Waals surface area contributed by atoms with Crippen molar-refractivity contribution in [3.8, 4) is 16.9 Å². The summed E-state index contributed by atoms with van der Waals surface area (Å²) in [4.78, 5) is 7.48. The Labute approximate surface area is 186 Å². The number of fused-ring (bicyclic) bond motifs is 2. The van der Waals surface area contributed by atoms with Crippen LogP contribution in [0.1, 0.15) is 18.6 Å². The predicted octanol–water partition coefficient (Wildman–Crippen LogP) is 7.14. The van der Waals surface area contributed by atoms with Gasteiger partial charge in [0.1, 0.15) is 11.9 Å². The van der Waals surface area contributed by atoms with Crippen molar-refractivity contribution in [3.05, 3.63) is 76.5 Å². The minimum absolute atomic E-state index is 0.0990. The topological polar surface area (TPSA) is 77.1 Å². The fourth-order valence-electron chi connectivity index (χ4n) is 3.68. The second kappa shape index (κ2) is 7.48. The lowest BCUT2D eigenvalue weighted by atomic mass is 10.0. The van der Waals surface area contributed by atoms with Crippen molar-refractivity contribution in [2.24, 2.45) is 0 Å². The third-order valence-corrected chi connectivity index (χ3v) is 5.96. The molecule has 0 amide bonds. The zero-order valence-electron chi connectivity index (χ0n) is 16.2. The molecule has 0 radical (unpaired) electrons. The molecule has 0 aliphatic carbocycles. The molecular formula is C23H16Cl2FN3O2. The number of nitrogen functional groups attached to an aromatic ring is 1. The number of aromatic nitrogens is 2. The molecule has 3 N–H and O–H groups in total. The van der Waals surface area contributed by atoms with E-state index in [1.807, 2.05) is 30.5 Å². The smallest absolute Gasteiger partial charge is 0.205 e. The van der Waals surface area contributed by atoms with Gasteiger partial charge in [0, 0.05) is 34.1 Å². The van der Waals surface area contributed by atoms with Gasteiger partial charge in [-0.05, 0) is 42.1 Å². The van der Waals surface area contributed by atoms with Crippen molar-refractivity contribution in [2.45, 2.75) is 13.0 Å². The van der Waals surface area contributed by atoms with Crippen LogP contribution in [0.4, 0.5) is 10.2 Å². The van der Waals surface area contributed by atoms with E-state index in [4.69, 9.17) is 38.1 Å². The molecule has 5 rings (SSSR count). The first-order valence-electron chi connectivity index (χ1n) is 9.47. The number of hydrogen-bond acceptors (Lipinski definition) is 4. The van der Waals surface area contributed by atoms with E-state index in [0.29, 0.717) is 11.1 Å². The van der Waals surface area contributed by atoms with Gasteiger partial charge < -0.3 is 19.9 Å². The van der Waals surface area contributed by atoms with Gasteiger partial charge in [-0.2, -0.15) is 0 Å². The molecule has 156 valence electrons. The highest BCUT2D eigenvalue weighted by molar-refractivity contribution is 6.36. The quantitative estimate of drug-likeness (QED) is 0.282. The highest BCUT2D eigenvalue weighted by Gasteiger charge is 2.23. The molecular weight excluding hydrogens is 440 g/mol. The van der Waals surface area contributed by atoms with Gasteiger partial charge >= 0.3 is 0 Å². The molecule has 5 aromatic rings. The van der Waals surface area contributed by atoms with E-state index < -0.39 is 11.9 Å². The Morgan fingerprint density at radius 2 is 2.03 bits per heavy atom. The van der Waals surface area contributed by atoms with Crippen LogP contribution in [0.2, 0.25) is 10.0 Å². The second-order valence-corrected chi connectivity index (χ2v) is 7.95. The molecule has 0 saturated carbocycles. The van der Waals surface area contributed by atoms with Gasteiger partial charge in [-0.3, -0.25) is 0 Å². The summed E-state index contributed by atoms with van der Waals surface area (Å²) in [6.07, 6.45) is 4.46. The number of ether oxygens (including phenoxy) is 1. The number of benzene rings is 2. The normalized spacial score (nSPS) is 12.5. The van der Waals surface area contributed by atoms with Gasteiger partial charge in [0.2, 0.25) is 5.75 Å². The van der Waals surface area contributed by atoms with Crippen LogP contribution in [0.3, 0.4) is 0 Å². The first kappa shape index (κ1) is 19.7. The Morgan fingerprint density at radius 3 is 2.87 bits per heavy atom. The number of rotatable bonds is 4. The largest absolute Gasteiger partial charge is 0.478 e. The van der Waals surface area contributed by atoms with Crippen molar-refractivity contribution in [1.82, 2.24) is 9.97 Å².